The predicted molar refractivity (Wildman–Crippen MR) is 121 cm³/mol. The fraction of sp³-hybridized carbons (Fsp3) is 0.381. The van der Waals surface area contributed by atoms with Crippen LogP contribution in [-0.2, 0) is 21.4 Å². The van der Waals surface area contributed by atoms with Crippen molar-refractivity contribution in [1.29, 1.82) is 0 Å². The molecule has 0 spiro atoms. The van der Waals surface area contributed by atoms with Crippen molar-refractivity contribution < 1.29 is 27.4 Å². The number of sulfonamides is 1. The Kier molecular flexibility index (Phi) is 8.82. The first-order valence-corrected chi connectivity index (χ1v) is 11.7. The lowest BCUT2D eigenvalue weighted by Crippen LogP contribution is -2.32. The van der Waals surface area contributed by atoms with E-state index in [1.54, 1.807) is 38.5 Å². The highest BCUT2D eigenvalue weighted by molar-refractivity contribution is 7.92. The SMILES string of the molecule is COc1ccc(CNC(=O)CCCN(c2cc(Cl)ccc2OC)S(C)(=O)=O)cc1OC. The van der Waals surface area contributed by atoms with Gasteiger partial charge in [-0.25, -0.2) is 8.42 Å². The van der Waals surface area contributed by atoms with E-state index >= 15 is 0 Å². The summed E-state index contributed by atoms with van der Waals surface area (Å²) in [4.78, 5) is 12.3. The summed E-state index contributed by atoms with van der Waals surface area (Å²) >= 11 is 6.03. The van der Waals surface area contributed by atoms with Gasteiger partial charge in [-0.1, -0.05) is 17.7 Å². The number of ether oxygens (including phenoxy) is 3. The van der Waals surface area contributed by atoms with Gasteiger partial charge in [0, 0.05) is 24.5 Å². The summed E-state index contributed by atoms with van der Waals surface area (Å²) in [7, 11) is 0.953. The van der Waals surface area contributed by atoms with Gasteiger partial charge in [-0.2, -0.15) is 0 Å². The Balaban J connectivity index is 1.97. The van der Waals surface area contributed by atoms with E-state index < -0.39 is 10.0 Å². The maximum atomic E-state index is 12.3. The average molecular weight is 471 g/mol. The monoisotopic (exact) mass is 470 g/mol. The lowest BCUT2D eigenvalue weighted by atomic mass is 10.2. The van der Waals surface area contributed by atoms with Crippen LogP contribution in [0.5, 0.6) is 17.2 Å². The second-order valence-corrected chi connectivity index (χ2v) is 9.06. The molecule has 0 aromatic heterocycles. The summed E-state index contributed by atoms with van der Waals surface area (Å²) < 4.78 is 41.5. The highest BCUT2D eigenvalue weighted by atomic mass is 35.5. The third-order valence-electron chi connectivity index (χ3n) is 4.51. The maximum Gasteiger partial charge on any atom is 0.232 e. The second-order valence-electron chi connectivity index (χ2n) is 6.72. The van der Waals surface area contributed by atoms with Crippen LogP contribution in [-0.4, -0.2) is 48.5 Å². The normalized spacial score (nSPS) is 11.0. The standard InChI is InChI=1S/C21H27ClN2O6S/c1-28-18-10-8-16(22)13-17(18)24(31(4,26)27)11-5-6-21(25)23-14-15-7-9-19(29-2)20(12-15)30-3/h7-10,12-13H,5-6,11,14H2,1-4H3,(H,23,25). The number of amides is 1. The Bertz CT molecular complexity index is 1010. The Morgan fingerprint density at radius 2 is 1.65 bits per heavy atom. The Morgan fingerprint density at radius 3 is 2.26 bits per heavy atom. The van der Waals surface area contributed by atoms with E-state index in [9.17, 15) is 13.2 Å². The van der Waals surface area contributed by atoms with Crippen molar-refractivity contribution >= 4 is 33.2 Å². The van der Waals surface area contributed by atoms with Gasteiger partial charge in [0.25, 0.3) is 0 Å². The van der Waals surface area contributed by atoms with Crippen molar-refractivity contribution in [3.63, 3.8) is 0 Å². The van der Waals surface area contributed by atoms with Gasteiger partial charge in [-0.15, -0.1) is 0 Å². The predicted octanol–water partition coefficient (Wildman–Crippen LogP) is 3.23. The molecule has 0 unspecified atom stereocenters. The molecule has 0 heterocycles. The zero-order valence-electron chi connectivity index (χ0n) is 18.0. The van der Waals surface area contributed by atoms with Gasteiger partial charge in [0.15, 0.2) is 11.5 Å². The topological polar surface area (TPSA) is 94.2 Å². The number of carbonyl (C=O) groups is 1. The number of nitrogens with one attached hydrogen (secondary N) is 1. The molecule has 1 N–H and O–H groups in total. The van der Waals surface area contributed by atoms with Crippen molar-refractivity contribution in [3.05, 3.63) is 47.0 Å². The first-order valence-electron chi connectivity index (χ1n) is 9.48. The number of methoxy groups -OCH3 is 3. The summed E-state index contributed by atoms with van der Waals surface area (Å²) in [6.45, 7) is 0.427. The molecular weight excluding hydrogens is 444 g/mol. The molecular formula is C21H27ClN2O6S. The van der Waals surface area contributed by atoms with Gasteiger partial charge in [0.05, 0.1) is 33.3 Å². The largest absolute Gasteiger partial charge is 0.495 e. The van der Waals surface area contributed by atoms with Crippen LogP contribution in [0.25, 0.3) is 0 Å². The van der Waals surface area contributed by atoms with E-state index in [1.165, 1.54) is 17.5 Å². The third kappa shape index (κ3) is 6.93. The van der Waals surface area contributed by atoms with Gasteiger partial charge < -0.3 is 19.5 Å². The summed E-state index contributed by atoms with van der Waals surface area (Å²) in [5.74, 6) is 1.37. The summed E-state index contributed by atoms with van der Waals surface area (Å²) in [6, 6.07) is 10.1. The summed E-state index contributed by atoms with van der Waals surface area (Å²) in [5.41, 5.74) is 1.19. The van der Waals surface area contributed by atoms with Crippen LogP contribution in [0.15, 0.2) is 36.4 Å². The zero-order chi connectivity index (χ0) is 23.0. The molecule has 0 aliphatic heterocycles. The lowest BCUT2D eigenvalue weighted by Gasteiger charge is -2.24. The Labute approximate surface area is 188 Å². The van der Waals surface area contributed by atoms with Crippen molar-refractivity contribution in [3.8, 4) is 17.2 Å². The highest BCUT2D eigenvalue weighted by Gasteiger charge is 2.21. The van der Waals surface area contributed by atoms with E-state index in [0.717, 1.165) is 11.8 Å². The van der Waals surface area contributed by atoms with E-state index in [2.05, 4.69) is 5.32 Å². The number of hydrogen-bond acceptors (Lipinski definition) is 6. The zero-order valence-corrected chi connectivity index (χ0v) is 19.5. The van der Waals surface area contributed by atoms with Crippen molar-refractivity contribution in [2.24, 2.45) is 0 Å². The van der Waals surface area contributed by atoms with Gasteiger partial charge in [-0.05, 0) is 42.3 Å². The van der Waals surface area contributed by atoms with E-state index in [1.807, 2.05) is 6.07 Å². The molecule has 0 fully saturated rings. The van der Waals surface area contributed by atoms with Crippen LogP contribution in [0.1, 0.15) is 18.4 Å². The third-order valence-corrected chi connectivity index (χ3v) is 5.93. The van der Waals surface area contributed by atoms with Crippen LogP contribution >= 0.6 is 11.6 Å². The fourth-order valence-corrected chi connectivity index (χ4v) is 4.11. The van der Waals surface area contributed by atoms with Crippen LogP contribution in [0, 0.1) is 0 Å². The average Bonchev–Trinajstić information content (AvgIpc) is 2.74. The molecule has 0 bridgehead atoms. The Hall–Kier alpha value is -2.65. The fourth-order valence-electron chi connectivity index (χ4n) is 2.99. The van der Waals surface area contributed by atoms with E-state index in [4.69, 9.17) is 25.8 Å². The minimum atomic E-state index is -3.60. The van der Waals surface area contributed by atoms with Crippen LogP contribution in [0.3, 0.4) is 0 Å². The first-order chi connectivity index (χ1) is 14.7. The second kappa shape index (κ2) is 11.1. The summed E-state index contributed by atoms with van der Waals surface area (Å²) in [6.07, 6.45) is 1.58. The number of rotatable bonds is 11. The molecule has 1 amide bonds. The van der Waals surface area contributed by atoms with Crippen LogP contribution in [0.4, 0.5) is 5.69 Å². The lowest BCUT2D eigenvalue weighted by molar-refractivity contribution is -0.121. The number of carbonyl (C=O) groups excluding carboxylic acids is 1. The van der Waals surface area contributed by atoms with Crippen molar-refractivity contribution in [2.75, 3.05) is 38.4 Å². The first kappa shape index (κ1) is 24.6. The maximum absolute atomic E-state index is 12.3. The quantitative estimate of drug-likeness (QED) is 0.542. The van der Waals surface area contributed by atoms with E-state index in [-0.39, 0.29) is 18.9 Å². The molecule has 10 heteroatoms. The van der Waals surface area contributed by atoms with Crippen molar-refractivity contribution in [2.45, 2.75) is 19.4 Å². The minimum Gasteiger partial charge on any atom is -0.495 e. The highest BCUT2D eigenvalue weighted by Crippen LogP contribution is 2.33. The number of anilines is 1. The van der Waals surface area contributed by atoms with Gasteiger partial charge in [0.2, 0.25) is 15.9 Å². The molecule has 0 aliphatic carbocycles. The van der Waals surface area contributed by atoms with Crippen LogP contribution in [0.2, 0.25) is 5.02 Å². The number of nitrogens with zero attached hydrogens (tertiary/aromatic N) is 1. The molecule has 0 radical (unpaired) electrons. The molecule has 0 saturated heterocycles. The molecule has 0 saturated carbocycles. The van der Waals surface area contributed by atoms with Crippen molar-refractivity contribution in [1.82, 2.24) is 5.32 Å². The minimum absolute atomic E-state index is 0.110. The molecule has 31 heavy (non-hydrogen) atoms. The Morgan fingerprint density at radius 1 is 1.00 bits per heavy atom. The van der Waals surface area contributed by atoms with Gasteiger partial charge in [0.1, 0.15) is 5.75 Å². The number of hydrogen-bond donors (Lipinski definition) is 1. The van der Waals surface area contributed by atoms with Gasteiger partial charge >= 0.3 is 0 Å². The van der Waals surface area contributed by atoms with E-state index in [0.29, 0.717) is 40.9 Å². The molecule has 170 valence electrons. The summed E-state index contributed by atoms with van der Waals surface area (Å²) in [5, 5.41) is 3.21. The number of benzene rings is 2. The molecule has 0 atom stereocenters. The van der Waals surface area contributed by atoms with Gasteiger partial charge in [-0.3, -0.25) is 9.10 Å². The molecule has 2 rings (SSSR count). The molecule has 2 aromatic rings. The molecule has 2 aromatic carbocycles. The smallest absolute Gasteiger partial charge is 0.232 e. The molecule has 8 nitrogen and oxygen atoms in total. The number of halogens is 1. The molecule has 0 aliphatic rings. The van der Waals surface area contributed by atoms with Crippen LogP contribution < -0.4 is 23.8 Å².